The zero-order valence-corrected chi connectivity index (χ0v) is 13.2. The average Bonchev–Trinajstić information content (AvgIpc) is 3.00. The van der Waals surface area contributed by atoms with E-state index in [4.69, 9.17) is 9.15 Å². The largest absolute Gasteiger partial charge is 0.468 e. The first-order chi connectivity index (χ1) is 9.61. The summed E-state index contributed by atoms with van der Waals surface area (Å²) in [5, 5.41) is 3.78. The fourth-order valence-corrected chi connectivity index (χ4v) is 4.11. The Morgan fingerprint density at radius 3 is 3.00 bits per heavy atom. The molecule has 1 saturated carbocycles. The molecule has 1 aliphatic carbocycles. The lowest BCUT2D eigenvalue weighted by Gasteiger charge is -2.27. The number of hydrogen-bond acceptors (Lipinski definition) is 5. The van der Waals surface area contributed by atoms with E-state index in [9.17, 15) is 4.79 Å². The van der Waals surface area contributed by atoms with Gasteiger partial charge in [-0.25, -0.2) is 0 Å². The molecular weight excluding hydrogens is 274 g/mol. The summed E-state index contributed by atoms with van der Waals surface area (Å²) < 4.78 is 10.6. The molecular formula is C15H23NO3S. The summed E-state index contributed by atoms with van der Waals surface area (Å²) in [6.45, 7) is 7.07. The predicted octanol–water partition coefficient (Wildman–Crippen LogP) is 3.14. The Kier molecular flexibility index (Phi) is 5.16. The molecule has 20 heavy (non-hydrogen) atoms. The van der Waals surface area contributed by atoms with Gasteiger partial charge in [0.25, 0.3) is 0 Å². The van der Waals surface area contributed by atoms with Crippen molar-refractivity contribution < 1.29 is 13.9 Å². The molecule has 1 aromatic heterocycles. The van der Waals surface area contributed by atoms with Gasteiger partial charge in [-0.2, -0.15) is 0 Å². The van der Waals surface area contributed by atoms with Crippen LogP contribution in [0.15, 0.2) is 21.6 Å². The predicted molar refractivity (Wildman–Crippen MR) is 80.0 cm³/mol. The van der Waals surface area contributed by atoms with E-state index in [0.717, 1.165) is 31.6 Å². The fraction of sp³-hybridized carbons (Fsp3) is 0.667. The molecule has 112 valence electrons. The van der Waals surface area contributed by atoms with E-state index in [0.29, 0.717) is 11.9 Å². The Labute approximate surface area is 124 Å². The molecule has 0 spiro atoms. The molecule has 2 unspecified atom stereocenters. The third-order valence-electron chi connectivity index (χ3n) is 3.76. The molecule has 0 amide bonds. The quantitative estimate of drug-likeness (QED) is 0.818. The number of likely N-dealkylation sites (N-methyl/N-ethyl adjacent to an activating group) is 1. The van der Waals surface area contributed by atoms with Crippen LogP contribution in [0.25, 0.3) is 0 Å². The molecule has 2 atom stereocenters. The fourth-order valence-electron chi connectivity index (χ4n) is 2.80. The van der Waals surface area contributed by atoms with Crippen molar-refractivity contribution in [3.05, 3.63) is 18.1 Å². The smallest absolute Gasteiger partial charge is 0.326 e. The van der Waals surface area contributed by atoms with Crippen LogP contribution in [0.1, 0.15) is 38.9 Å². The van der Waals surface area contributed by atoms with Crippen LogP contribution in [0.2, 0.25) is 0 Å². The number of carbonyl (C=O) groups excluding carboxylic acids is 1. The number of rotatable bonds is 6. The first-order valence-corrected chi connectivity index (χ1v) is 8.12. The normalized spacial score (nSPS) is 25.9. The van der Waals surface area contributed by atoms with Crippen LogP contribution in [-0.4, -0.2) is 29.9 Å². The third kappa shape index (κ3) is 3.20. The Morgan fingerprint density at radius 1 is 1.60 bits per heavy atom. The molecule has 1 heterocycles. The third-order valence-corrected chi connectivity index (χ3v) is 5.17. The summed E-state index contributed by atoms with van der Waals surface area (Å²) in [6, 6.07) is 2.00. The molecule has 0 bridgehead atoms. The molecule has 0 aromatic carbocycles. The summed E-state index contributed by atoms with van der Waals surface area (Å²) in [5.74, 6) is 0.848. The Balaban J connectivity index is 2.03. The van der Waals surface area contributed by atoms with E-state index in [1.165, 1.54) is 4.90 Å². The van der Waals surface area contributed by atoms with Gasteiger partial charge in [-0.15, -0.1) is 11.8 Å². The van der Waals surface area contributed by atoms with Crippen molar-refractivity contribution in [2.45, 2.75) is 55.7 Å². The first kappa shape index (κ1) is 15.4. The first-order valence-electron chi connectivity index (χ1n) is 7.24. The minimum atomic E-state index is -0.500. The van der Waals surface area contributed by atoms with Gasteiger partial charge < -0.3 is 14.5 Å². The van der Waals surface area contributed by atoms with Crippen LogP contribution in [0, 0.1) is 6.92 Å². The summed E-state index contributed by atoms with van der Waals surface area (Å²) in [7, 11) is 0. The Morgan fingerprint density at radius 2 is 2.40 bits per heavy atom. The zero-order chi connectivity index (χ0) is 14.6. The Bertz CT molecular complexity index is 460. The van der Waals surface area contributed by atoms with E-state index >= 15 is 0 Å². The minimum absolute atomic E-state index is 0.103. The van der Waals surface area contributed by atoms with E-state index in [2.05, 4.69) is 5.32 Å². The summed E-state index contributed by atoms with van der Waals surface area (Å²) in [5.41, 5.74) is -0.500. The van der Waals surface area contributed by atoms with Crippen molar-refractivity contribution in [1.82, 2.24) is 5.32 Å². The van der Waals surface area contributed by atoms with Gasteiger partial charge >= 0.3 is 5.97 Å². The number of nitrogens with one attached hydrogen (secondary N) is 1. The van der Waals surface area contributed by atoms with Gasteiger partial charge in [0, 0.05) is 10.1 Å². The van der Waals surface area contributed by atoms with E-state index in [-0.39, 0.29) is 5.97 Å². The molecule has 5 heteroatoms. The molecule has 1 N–H and O–H groups in total. The van der Waals surface area contributed by atoms with Gasteiger partial charge in [-0.3, -0.25) is 4.79 Å². The number of aryl methyl sites for hydroxylation is 1. The summed E-state index contributed by atoms with van der Waals surface area (Å²) >= 11 is 1.81. The van der Waals surface area contributed by atoms with Crippen molar-refractivity contribution in [3.8, 4) is 0 Å². The lowest BCUT2D eigenvalue weighted by atomic mass is 9.98. The maximum absolute atomic E-state index is 12.3. The van der Waals surface area contributed by atoms with Crippen LogP contribution in [0.4, 0.5) is 0 Å². The molecule has 0 aliphatic heterocycles. The summed E-state index contributed by atoms with van der Waals surface area (Å²) in [4.78, 5) is 13.4. The minimum Gasteiger partial charge on any atom is -0.468 e. The van der Waals surface area contributed by atoms with Gasteiger partial charge in [-0.1, -0.05) is 6.92 Å². The second-order valence-corrected chi connectivity index (χ2v) is 6.50. The maximum Gasteiger partial charge on any atom is 0.326 e. The second-order valence-electron chi connectivity index (χ2n) is 5.16. The van der Waals surface area contributed by atoms with Crippen molar-refractivity contribution in [2.24, 2.45) is 0 Å². The van der Waals surface area contributed by atoms with Gasteiger partial charge in [0.15, 0.2) is 0 Å². The highest BCUT2D eigenvalue weighted by molar-refractivity contribution is 8.00. The van der Waals surface area contributed by atoms with Gasteiger partial charge in [0.05, 0.1) is 12.9 Å². The standard InChI is InChI=1S/C15H23NO3S/c1-4-16-15(14(17)18-5-2)8-6-12(10-15)20-13-7-9-19-11(13)3/h7,9,12,16H,4-6,8,10H2,1-3H3. The SMILES string of the molecule is CCNC1(C(=O)OCC)CCC(Sc2ccoc2C)C1. The number of furan rings is 1. The monoisotopic (exact) mass is 297 g/mol. The van der Waals surface area contributed by atoms with Crippen LogP contribution in [0.5, 0.6) is 0 Å². The number of hydrogen-bond donors (Lipinski definition) is 1. The average molecular weight is 297 g/mol. The highest BCUT2D eigenvalue weighted by atomic mass is 32.2. The van der Waals surface area contributed by atoms with E-state index in [1.54, 1.807) is 18.0 Å². The molecule has 4 nitrogen and oxygen atoms in total. The highest BCUT2D eigenvalue weighted by Crippen LogP contribution is 2.41. The van der Waals surface area contributed by atoms with E-state index < -0.39 is 5.54 Å². The molecule has 2 rings (SSSR count). The highest BCUT2D eigenvalue weighted by Gasteiger charge is 2.46. The number of esters is 1. The Hall–Kier alpha value is -0.940. The van der Waals surface area contributed by atoms with Crippen molar-refractivity contribution >= 4 is 17.7 Å². The molecule has 1 aromatic rings. The number of ether oxygens (including phenoxy) is 1. The molecule has 1 aliphatic rings. The van der Waals surface area contributed by atoms with Crippen molar-refractivity contribution in [1.29, 1.82) is 0 Å². The van der Waals surface area contributed by atoms with Crippen LogP contribution in [0.3, 0.4) is 0 Å². The molecule has 0 radical (unpaired) electrons. The van der Waals surface area contributed by atoms with Crippen LogP contribution in [-0.2, 0) is 9.53 Å². The van der Waals surface area contributed by atoms with Crippen LogP contribution < -0.4 is 5.32 Å². The lowest BCUT2D eigenvalue weighted by Crippen LogP contribution is -2.51. The maximum atomic E-state index is 12.3. The number of thioether (sulfide) groups is 1. The molecule has 1 fully saturated rings. The number of carbonyl (C=O) groups is 1. The second kappa shape index (κ2) is 6.68. The summed E-state index contributed by atoms with van der Waals surface area (Å²) in [6.07, 6.45) is 4.39. The van der Waals surface area contributed by atoms with E-state index in [1.807, 2.05) is 26.8 Å². The van der Waals surface area contributed by atoms with Gasteiger partial charge in [-0.05, 0) is 45.7 Å². The lowest BCUT2D eigenvalue weighted by molar-refractivity contribution is -0.151. The van der Waals surface area contributed by atoms with Gasteiger partial charge in [0.2, 0.25) is 0 Å². The molecule has 0 saturated heterocycles. The van der Waals surface area contributed by atoms with Crippen molar-refractivity contribution in [2.75, 3.05) is 13.2 Å². The van der Waals surface area contributed by atoms with Crippen LogP contribution >= 0.6 is 11.8 Å². The van der Waals surface area contributed by atoms with Gasteiger partial charge in [0.1, 0.15) is 11.3 Å². The zero-order valence-electron chi connectivity index (χ0n) is 12.4. The topological polar surface area (TPSA) is 51.5 Å². The van der Waals surface area contributed by atoms with Crippen molar-refractivity contribution in [3.63, 3.8) is 0 Å².